The zero-order valence-electron chi connectivity index (χ0n) is 48.6. The van der Waals surface area contributed by atoms with E-state index in [1.807, 2.05) is 0 Å². The molecule has 0 N–H and O–H groups in total. The largest absolute Gasteiger partial charge is 0.462 e. The van der Waals surface area contributed by atoms with Crippen LogP contribution in [0.15, 0.2) is 97.2 Å². The van der Waals surface area contributed by atoms with E-state index >= 15 is 0 Å². The Morgan fingerprint density at radius 3 is 0.851 bits per heavy atom. The molecule has 0 saturated heterocycles. The van der Waals surface area contributed by atoms with Gasteiger partial charge in [0.05, 0.1) is 0 Å². The van der Waals surface area contributed by atoms with Crippen molar-refractivity contribution in [3.05, 3.63) is 97.2 Å². The quantitative estimate of drug-likeness (QED) is 0.0261. The Labute approximate surface area is 457 Å². The molecule has 0 bridgehead atoms. The Morgan fingerprint density at radius 1 is 0.284 bits per heavy atom. The summed E-state index contributed by atoms with van der Waals surface area (Å²) in [7, 11) is 0. The van der Waals surface area contributed by atoms with Crippen molar-refractivity contribution in [2.75, 3.05) is 13.2 Å². The minimum absolute atomic E-state index is 0.0893. The summed E-state index contributed by atoms with van der Waals surface area (Å²) in [5.41, 5.74) is 0. The highest BCUT2D eigenvalue weighted by Gasteiger charge is 2.19. The molecule has 6 nitrogen and oxygen atoms in total. The average molecular weight is 1030 g/mol. The molecule has 0 aromatic rings. The highest BCUT2D eigenvalue weighted by atomic mass is 16.6. The Balaban J connectivity index is 4.43. The molecule has 0 amide bonds. The van der Waals surface area contributed by atoms with Crippen molar-refractivity contribution < 1.29 is 28.6 Å². The van der Waals surface area contributed by atoms with Gasteiger partial charge in [-0.05, 0) is 103 Å². The standard InChI is InChI=1S/C68H116O6/c1-4-7-10-13-16-19-22-25-28-30-31-32-33-34-35-36-37-38-41-43-46-49-52-55-58-61-67(70)73-64-65(63-72-66(69)60-57-54-51-48-45-42-39-27-24-21-18-15-12-9-6-3)74-68(71)62-59-56-53-50-47-44-40-29-26-23-20-17-14-11-8-5-2/h7,10,16,19,25,28-29,31-32,34-35,37-38,40,43,46,65H,4-6,8-9,11-15,17-18,20-24,26-27,30,33,36,39,41-42,44-45,47-64H2,1-3H3/b10-7-,19-16-,28-25-,32-31-,35-34-,38-37-,40-29-,46-43-. The number of unbranched alkanes of at least 4 members (excludes halogenated alkanes) is 29. The molecule has 6 heteroatoms. The van der Waals surface area contributed by atoms with E-state index in [2.05, 4.69) is 118 Å². The molecule has 1 unspecified atom stereocenters. The van der Waals surface area contributed by atoms with Gasteiger partial charge in [0, 0.05) is 19.3 Å². The molecular weight excluding hydrogens is 913 g/mol. The molecule has 0 rings (SSSR count). The summed E-state index contributed by atoms with van der Waals surface area (Å²) in [6.45, 7) is 6.51. The Hall–Kier alpha value is -3.67. The highest BCUT2D eigenvalue weighted by Crippen LogP contribution is 2.16. The van der Waals surface area contributed by atoms with Crippen molar-refractivity contribution in [2.24, 2.45) is 0 Å². The van der Waals surface area contributed by atoms with E-state index < -0.39 is 6.10 Å². The van der Waals surface area contributed by atoms with Crippen molar-refractivity contribution in [3.63, 3.8) is 0 Å². The molecule has 74 heavy (non-hydrogen) atoms. The van der Waals surface area contributed by atoms with Crippen LogP contribution in [0.4, 0.5) is 0 Å². The van der Waals surface area contributed by atoms with Gasteiger partial charge in [-0.25, -0.2) is 0 Å². The van der Waals surface area contributed by atoms with Gasteiger partial charge in [-0.3, -0.25) is 14.4 Å². The maximum atomic E-state index is 12.9. The van der Waals surface area contributed by atoms with Crippen molar-refractivity contribution >= 4 is 17.9 Å². The lowest BCUT2D eigenvalue weighted by atomic mass is 10.0. The summed E-state index contributed by atoms with van der Waals surface area (Å²) >= 11 is 0. The lowest BCUT2D eigenvalue weighted by Crippen LogP contribution is -2.30. The van der Waals surface area contributed by atoms with Gasteiger partial charge in [0.15, 0.2) is 6.10 Å². The number of hydrogen-bond acceptors (Lipinski definition) is 6. The van der Waals surface area contributed by atoms with Gasteiger partial charge in [-0.15, -0.1) is 0 Å². The molecule has 0 aliphatic carbocycles. The Morgan fingerprint density at radius 2 is 0.527 bits per heavy atom. The second kappa shape index (κ2) is 61.9. The summed E-state index contributed by atoms with van der Waals surface area (Å²) < 4.78 is 16.9. The third-order valence-electron chi connectivity index (χ3n) is 13.3. The normalized spacial score (nSPS) is 12.7. The summed E-state index contributed by atoms with van der Waals surface area (Å²) in [5.74, 6) is -0.922. The number of ether oxygens (including phenoxy) is 3. The number of esters is 3. The first kappa shape index (κ1) is 70.3. The molecule has 0 radical (unpaired) electrons. The molecular formula is C68H116O6. The van der Waals surface area contributed by atoms with Crippen LogP contribution in [0, 0.1) is 0 Å². The first-order chi connectivity index (χ1) is 36.5. The van der Waals surface area contributed by atoms with E-state index in [9.17, 15) is 14.4 Å². The van der Waals surface area contributed by atoms with E-state index in [1.165, 1.54) is 135 Å². The first-order valence-electron chi connectivity index (χ1n) is 31.2. The van der Waals surface area contributed by atoms with Gasteiger partial charge in [0.25, 0.3) is 0 Å². The third kappa shape index (κ3) is 59.2. The molecule has 0 spiro atoms. The van der Waals surface area contributed by atoms with Crippen LogP contribution in [0.1, 0.15) is 297 Å². The van der Waals surface area contributed by atoms with Gasteiger partial charge in [-0.2, -0.15) is 0 Å². The number of carbonyl (C=O) groups is 3. The van der Waals surface area contributed by atoms with E-state index in [0.717, 1.165) is 122 Å². The summed E-state index contributed by atoms with van der Waals surface area (Å²) in [6, 6.07) is 0. The van der Waals surface area contributed by atoms with Crippen LogP contribution >= 0.6 is 0 Å². The minimum atomic E-state index is -0.796. The van der Waals surface area contributed by atoms with Crippen LogP contribution in [0.25, 0.3) is 0 Å². The molecule has 0 saturated carbocycles. The van der Waals surface area contributed by atoms with Crippen LogP contribution in [-0.2, 0) is 28.6 Å². The maximum Gasteiger partial charge on any atom is 0.306 e. The maximum absolute atomic E-state index is 12.9. The van der Waals surface area contributed by atoms with Gasteiger partial charge < -0.3 is 14.2 Å². The van der Waals surface area contributed by atoms with Crippen LogP contribution in [-0.4, -0.2) is 37.2 Å². The average Bonchev–Trinajstić information content (AvgIpc) is 3.40. The second-order valence-electron chi connectivity index (χ2n) is 20.6. The van der Waals surface area contributed by atoms with E-state index in [4.69, 9.17) is 14.2 Å². The van der Waals surface area contributed by atoms with Crippen LogP contribution in [0.3, 0.4) is 0 Å². The topological polar surface area (TPSA) is 78.9 Å². The van der Waals surface area contributed by atoms with Crippen molar-refractivity contribution in [3.8, 4) is 0 Å². The van der Waals surface area contributed by atoms with Crippen LogP contribution < -0.4 is 0 Å². The fourth-order valence-corrected chi connectivity index (χ4v) is 8.65. The van der Waals surface area contributed by atoms with Crippen LogP contribution in [0.5, 0.6) is 0 Å². The fraction of sp³-hybridized carbons (Fsp3) is 0.721. The lowest BCUT2D eigenvalue weighted by Gasteiger charge is -2.18. The Bertz CT molecular complexity index is 1460. The molecule has 0 aliphatic rings. The summed E-state index contributed by atoms with van der Waals surface area (Å²) in [5, 5.41) is 0. The molecule has 0 aromatic heterocycles. The molecule has 0 heterocycles. The number of rotatable bonds is 56. The number of allylic oxidation sites excluding steroid dienone is 16. The fourth-order valence-electron chi connectivity index (χ4n) is 8.65. The first-order valence-corrected chi connectivity index (χ1v) is 31.2. The van der Waals surface area contributed by atoms with Gasteiger partial charge in [0.1, 0.15) is 13.2 Å². The van der Waals surface area contributed by atoms with Gasteiger partial charge in [0.2, 0.25) is 0 Å². The summed E-state index contributed by atoms with van der Waals surface area (Å²) in [4.78, 5) is 38.3. The van der Waals surface area contributed by atoms with Crippen molar-refractivity contribution in [2.45, 2.75) is 303 Å². The van der Waals surface area contributed by atoms with E-state index in [-0.39, 0.29) is 31.1 Å². The molecule has 0 aromatic carbocycles. The second-order valence-corrected chi connectivity index (χ2v) is 20.6. The smallest absolute Gasteiger partial charge is 0.306 e. The van der Waals surface area contributed by atoms with Crippen molar-refractivity contribution in [1.82, 2.24) is 0 Å². The van der Waals surface area contributed by atoms with Crippen molar-refractivity contribution in [1.29, 1.82) is 0 Å². The zero-order chi connectivity index (χ0) is 53.6. The monoisotopic (exact) mass is 1030 g/mol. The lowest BCUT2D eigenvalue weighted by molar-refractivity contribution is -0.167. The zero-order valence-corrected chi connectivity index (χ0v) is 48.6. The predicted octanol–water partition coefficient (Wildman–Crippen LogP) is 21.3. The molecule has 1 atom stereocenters. The number of hydrogen-bond donors (Lipinski definition) is 0. The molecule has 424 valence electrons. The predicted molar refractivity (Wildman–Crippen MR) is 320 cm³/mol. The Kier molecular flexibility index (Phi) is 58.8. The van der Waals surface area contributed by atoms with E-state index in [1.54, 1.807) is 0 Å². The van der Waals surface area contributed by atoms with Gasteiger partial charge >= 0.3 is 17.9 Å². The SMILES string of the molecule is CC/C=C\C/C=C\C/C=C\C/C=C\C/C=C\C/C=C\C/C=C\CCCCCC(=O)OCC(COC(=O)CCCCCCCCCCCCCCCCC)OC(=O)CCCCCCC/C=C\CCCCCCCCC. The number of carbonyl (C=O) groups excluding carboxylic acids is 3. The minimum Gasteiger partial charge on any atom is -0.462 e. The third-order valence-corrected chi connectivity index (χ3v) is 13.3. The van der Waals surface area contributed by atoms with Crippen LogP contribution in [0.2, 0.25) is 0 Å². The van der Waals surface area contributed by atoms with Gasteiger partial charge in [-0.1, -0.05) is 272 Å². The molecule has 0 aliphatic heterocycles. The highest BCUT2D eigenvalue weighted by molar-refractivity contribution is 5.71. The molecule has 0 fully saturated rings. The van der Waals surface area contributed by atoms with E-state index in [0.29, 0.717) is 19.3 Å². The summed E-state index contributed by atoms with van der Waals surface area (Å²) in [6.07, 6.45) is 82.6.